The molecule has 0 aliphatic carbocycles. The van der Waals surface area contributed by atoms with E-state index in [2.05, 4.69) is 10.3 Å². The predicted octanol–water partition coefficient (Wildman–Crippen LogP) is 0.968. The number of anilines is 1. The van der Waals surface area contributed by atoms with Crippen molar-refractivity contribution < 1.29 is 38.2 Å². The van der Waals surface area contributed by atoms with E-state index in [4.69, 9.17) is 25.7 Å². The lowest BCUT2D eigenvalue weighted by molar-refractivity contribution is -0.173. The molecule has 0 saturated carbocycles. The number of nitrogen functional groups attached to an aromatic ring is 1. The molecule has 3 heterocycles. The van der Waals surface area contributed by atoms with Crippen molar-refractivity contribution in [2.45, 2.75) is 39.1 Å². The van der Waals surface area contributed by atoms with E-state index in [1.807, 2.05) is 0 Å². The fraction of sp³-hybridized carbons (Fsp3) is 0.455. The fourth-order valence-electron chi connectivity index (χ4n) is 3.39. The Bertz CT molecular complexity index is 1190. The van der Waals surface area contributed by atoms with Crippen LogP contribution in [0.15, 0.2) is 22.7 Å². The SMILES string of the molecule is C/C=C(\C(=O)N[C@@H]1C(=O)N2C(C(=O)OCOC(=O)C(C)(C)C)=C(COC(N)=O)CS[C@@H]12)c1csc(N)n1. The van der Waals surface area contributed by atoms with Gasteiger partial charge in [-0.15, -0.1) is 23.1 Å². The van der Waals surface area contributed by atoms with Gasteiger partial charge in [-0.25, -0.2) is 14.6 Å². The van der Waals surface area contributed by atoms with Gasteiger partial charge >= 0.3 is 18.0 Å². The Hall–Kier alpha value is -3.59. The average molecular weight is 554 g/mol. The molecule has 200 valence electrons. The lowest BCUT2D eigenvalue weighted by atomic mass is 9.98. The molecule has 1 fully saturated rings. The van der Waals surface area contributed by atoms with Gasteiger partial charge in [0.25, 0.3) is 11.8 Å². The first-order chi connectivity index (χ1) is 17.3. The quantitative estimate of drug-likeness (QED) is 0.180. The Labute approximate surface area is 220 Å². The summed E-state index contributed by atoms with van der Waals surface area (Å²) in [5.74, 6) is -2.47. The molecule has 2 aliphatic heterocycles. The van der Waals surface area contributed by atoms with E-state index < -0.39 is 53.5 Å². The van der Waals surface area contributed by atoms with Crippen LogP contribution in [0.3, 0.4) is 0 Å². The van der Waals surface area contributed by atoms with E-state index in [-0.39, 0.29) is 29.2 Å². The maximum absolute atomic E-state index is 13.1. The number of nitrogens with zero attached hydrogens (tertiary/aromatic N) is 2. The van der Waals surface area contributed by atoms with Crippen LogP contribution in [0.1, 0.15) is 33.4 Å². The summed E-state index contributed by atoms with van der Waals surface area (Å²) in [6.45, 7) is 5.54. The summed E-state index contributed by atoms with van der Waals surface area (Å²) in [5.41, 5.74) is 10.6. The largest absolute Gasteiger partial charge is 0.445 e. The van der Waals surface area contributed by atoms with Crippen molar-refractivity contribution in [1.82, 2.24) is 15.2 Å². The van der Waals surface area contributed by atoms with Crippen LogP contribution in [0.25, 0.3) is 5.57 Å². The molecule has 3 amide bonds. The molecule has 2 aliphatic rings. The van der Waals surface area contributed by atoms with E-state index in [0.717, 1.165) is 4.90 Å². The van der Waals surface area contributed by atoms with Crippen molar-refractivity contribution in [1.29, 1.82) is 0 Å². The Morgan fingerprint density at radius 2 is 1.95 bits per heavy atom. The third-order valence-corrected chi connectivity index (χ3v) is 7.25. The zero-order valence-electron chi connectivity index (χ0n) is 20.6. The van der Waals surface area contributed by atoms with Crippen LogP contribution >= 0.6 is 23.1 Å². The van der Waals surface area contributed by atoms with Crippen molar-refractivity contribution in [2.75, 3.05) is 24.9 Å². The Morgan fingerprint density at radius 3 is 2.51 bits per heavy atom. The number of amides is 3. The molecule has 15 heteroatoms. The summed E-state index contributed by atoms with van der Waals surface area (Å²) in [6.07, 6.45) is 0.493. The van der Waals surface area contributed by atoms with Gasteiger partial charge in [-0.1, -0.05) is 6.08 Å². The molecule has 0 aromatic carbocycles. The Morgan fingerprint density at radius 1 is 1.24 bits per heavy atom. The number of thiazole rings is 1. The lowest BCUT2D eigenvalue weighted by Crippen LogP contribution is -2.70. The van der Waals surface area contributed by atoms with Crippen molar-refractivity contribution in [3.8, 4) is 0 Å². The number of hydrogen-bond acceptors (Lipinski definition) is 12. The standard InChI is InChI=1S/C22H27N5O8S2/c1-5-11(12-8-37-20(23)25-12)15(28)26-13-16(29)27-14(10(6-33-21(24)32)7-36-17(13)27)18(30)34-9-35-19(31)22(2,3)4/h5,8,13,17H,6-7,9H2,1-4H3,(H2,23,25)(H2,24,32)(H,26,28)/b11-5-/t13-,17+/m1/s1. The molecule has 13 nitrogen and oxygen atoms in total. The van der Waals surface area contributed by atoms with Crippen molar-refractivity contribution in [3.05, 3.63) is 28.4 Å². The molecular weight excluding hydrogens is 526 g/mol. The molecule has 5 N–H and O–H groups in total. The molecule has 0 bridgehead atoms. The third-order valence-electron chi connectivity index (χ3n) is 5.24. The zero-order valence-corrected chi connectivity index (χ0v) is 22.2. The van der Waals surface area contributed by atoms with Crippen LogP contribution in [0.5, 0.6) is 0 Å². The maximum Gasteiger partial charge on any atom is 0.404 e. The number of rotatable bonds is 8. The van der Waals surface area contributed by atoms with Crippen molar-refractivity contribution >= 4 is 63.6 Å². The minimum Gasteiger partial charge on any atom is -0.445 e. The topological polar surface area (TPSA) is 193 Å². The van der Waals surface area contributed by atoms with Gasteiger partial charge in [0.1, 0.15) is 23.7 Å². The normalized spacial score (nSPS) is 19.5. The van der Waals surface area contributed by atoms with E-state index in [0.29, 0.717) is 10.8 Å². The number of hydrogen-bond donors (Lipinski definition) is 3. The Kier molecular flexibility index (Phi) is 8.48. The fourth-order valence-corrected chi connectivity index (χ4v) is 5.28. The number of nitrogens with one attached hydrogen (secondary N) is 1. The van der Waals surface area contributed by atoms with Crippen LogP contribution in [0.2, 0.25) is 0 Å². The smallest absolute Gasteiger partial charge is 0.404 e. The Balaban J connectivity index is 1.75. The highest BCUT2D eigenvalue weighted by atomic mass is 32.2. The van der Waals surface area contributed by atoms with Gasteiger partial charge in [-0.3, -0.25) is 19.3 Å². The highest BCUT2D eigenvalue weighted by Crippen LogP contribution is 2.41. The summed E-state index contributed by atoms with van der Waals surface area (Å²) in [4.78, 5) is 67.2. The minimum absolute atomic E-state index is 0.161. The first-order valence-electron chi connectivity index (χ1n) is 11.0. The van der Waals surface area contributed by atoms with E-state index in [9.17, 15) is 24.0 Å². The summed E-state index contributed by atoms with van der Waals surface area (Å²) in [6, 6.07) is -0.941. The van der Waals surface area contributed by atoms with Gasteiger partial charge in [-0.05, 0) is 27.7 Å². The van der Waals surface area contributed by atoms with Gasteiger partial charge in [-0.2, -0.15) is 0 Å². The van der Waals surface area contributed by atoms with Gasteiger partial charge < -0.3 is 31.0 Å². The molecule has 0 radical (unpaired) electrons. The molecule has 37 heavy (non-hydrogen) atoms. The molecule has 3 rings (SSSR count). The number of allylic oxidation sites excluding steroid dienone is 1. The average Bonchev–Trinajstić information content (AvgIpc) is 3.25. The summed E-state index contributed by atoms with van der Waals surface area (Å²) >= 11 is 2.43. The van der Waals surface area contributed by atoms with E-state index in [1.54, 1.807) is 39.2 Å². The number of carbonyl (C=O) groups excluding carboxylic acids is 5. The third kappa shape index (κ3) is 6.22. The second-order valence-electron chi connectivity index (χ2n) is 8.93. The second kappa shape index (κ2) is 11.2. The monoisotopic (exact) mass is 553 g/mol. The molecule has 0 unspecified atom stereocenters. The number of thioether (sulfide) groups is 1. The predicted molar refractivity (Wildman–Crippen MR) is 134 cm³/mol. The number of esters is 2. The zero-order chi connectivity index (χ0) is 27.5. The second-order valence-corrected chi connectivity index (χ2v) is 10.9. The number of primary amides is 1. The first kappa shape index (κ1) is 28.0. The molecule has 1 aromatic heterocycles. The molecule has 2 atom stereocenters. The molecule has 0 spiro atoms. The van der Waals surface area contributed by atoms with Crippen molar-refractivity contribution in [3.63, 3.8) is 0 Å². The van der Waals surface area contributed by atoms with Crippen molar-refractivity contribution in [2.24, 2.45) is 11.1 Å². The minimum atomic E-state index is -1.06. The van der Waals surface area contributed by atoms with Crippen LogP contribution < -0.4 is 16.8 Å². The van der Waals surface area contributed by atoms with Crippen LogP contribution in [0, 0.1) is 5.41 Å². The number of carbonyl (C=O) groups is 5. The van der Waals surface area contributed by atoms with Gasteiger partial charge in [0.15, 0.2) is 5.13 Å². The van der Waals surface area contributed by atoms with Gasteiger partial charge in [0, 0.05) is 16.7 Å². The lowest BCUT2D eigenvalue weighted by Gasteiger charge is -2.49. The van der Waals surface area contributed by atoms with Crippen LogP contribution in [-0.2, 0) is 33.4 Å². The number of nitrogens with two attached hydrogens (primary N) is 2. The summed E-state index contributed by atoms with van der Waals surface area (Å²) in [5, 5.41) is 3.97. The highest BCUT2D eigenvalue weighted by Gasteiger charge is 2.54. The summed E-state index contributed by atoms with van der Waals surface area (Å²) in [7, 11) is 0. The number of aromatic nitrogens is 1. The van der Waals surface area contributed by atoms with Crippen LogP contribution in [-0.4, -0.2) is 70.3 Å². The molecule has 1 saturated heterocycles. The number of ether oxygens (including phenoxy) is 3. The van der Waals surface area contributed by atoms with E-state index >= 15 is 0 Å². The molecular formula is C22H27N5O8S2. The number of β-lactam (4-membered cyclic amide) rings is 1. The first-order valence-corrected chi connectivity index (χ1v) is 12.9. The van der Waals surface area contributed by atoms with Gasteiger partial charge in [0.05, 0.1) is 16.7 Å². The molecule has 1 aromatic rings. The summed E-state index contributed by atoms with van der Waals surface area (Å²) < 4.78 is 14.9. The van der Waals surface area contributed by atoms with Gasteiger partial charge in [0.2, 0.25) is 6.79 Å². The van der Waals surface area contributed by atoms with E-state index in [1.165, 1.54) is 23.1 Å². The highest BCUT2D eigenvalue weighted by molar-refractivity contribution is 8.00. The van der Waals surface area contributed by atoms with Crippen LogP contribution in [0.4, 0.5) is 9.93 Å². The maximum atomic E-state index is 13.1. The number of fused-ring (bicyclic) bond motifs is 1.